The third-order valence-electron chi connectivity index (χ3n) is 5.79. The molecule has 11 heteroatoms. The van der Waals surface area contributed by atoms with Crippen LogP contribution in [0.2, 0.25) is 5.02 Å². The number of piperazine rings is 1. The second-order valence-corrected chi connectivity index (χ2v) is 10.1. The maximum Gasteiger partial charge on any atom is 0.471 e. The van der Waals surface area contributed by atoms with Crippen LogP contribution in [0, 0.1) is 0 Å². The summed E-state index contributed by atoms with van der Waals surface area (Å²) in [6.45, 7) is 1.11. The van der Waals surface area contributed by atoms with E-state index in [2.05, 4.69) is 0 Å². The highest BCUT2D eigenvalue weighted by atomic mass is 35.5. The van der Waals surface area contributed by atoms with Crippen LogP contribution in [0.15, 0.2) is 47.4 Å². The summed E-state index contributed by atoms with van der Waals surface area (Å²) in [6.07, 6.45) is -4.71. The Morgan fingerprint density at radius 1 is 0.938 bits per heavy atom. The van der Waals surface area contributed by atoms with Crippen LogP contribution in [-0.2, 0) is 27.8 Å². The smallest absolute Gasteiger partial charge is 0.368 e. The second kappa shape index (κ2) is 8.57. The highest BCUT2D eigenvalue weighted by Crippen LogP contribution is 2.30. The molecule has 172 valence electrons. The van der Waals surface area contributed by atoms with Gasteiger partial charge in [-0.1, -0.05) is 29.8 Å². The predicted octanol–water partition coefficient (Wildman–Crippen LogP) is 3.30. The van der Waals surface area contributed by atoms with Crippen LogP contribution >= 0.6 is 11.6 Å². The summed E-state index contributed by atoms with van der Waals surface area (Å²) in [5.41, 5.74) is 2.01. The van der Waals surface area contributed by atoms with Gasteiger partial charge in [0.15, 0.2) is 0 Å². The van der Waals surface area contributed by atoms with Gasteiger partial charge in [0.2, 0.25) is 10.0 Å². The lowest BCUT2D eigenvalue weighted by molar-refractivity contribution is -0.186. The number of anilines is 1. The van der Waals surface area contributed by atoms with E-state index in [9.17, 15) is 26.4 Å². The van der Waals surface area contributed by atoms with Crippen molar-refractivity contribution in [1.29, 1.82) is 0 Å². The molecule has 32 heavy (non-hydrogen) atoms. The molecule has 0 spiro atoms. The molecule has 0 saturated carbocycles. The fraction of sp³-hybridized carbons (Fsp3) is 0.381. The lowest BCUT2D eigenvalue weighted by atomic mass is 10.00. The van der Waals surface area contributed by atoms with E-state index in [1.165, 1.54) is 16.4 Å². The highest BCUT2D eigenvalue weighted by molar-refractivity contribution is 7.89. The second-order valence-electron chi connectivity index (χ2n) is 7.75. The third kappa shape index (κ3) is 4.44. The first-order chi connectivity index (χ1) is 15.1. The van der Waals surface area contributed by atoms with Crippen LogP contribution in [0.25, 0.3) is 0 Å². The predicted molar refractivity (Wildman–Crippen MR) is 114 cm³/mol. The number of amides is 1. The number of fused-ring (bicyclic) bond motifs is 1. The van der Waals surface area contributed by atoms with Crippen molar-refractivity contribution in [3.63, 3.8) is 0 Å². The molecule has 0 unspecified atom stereocenters. The molecule has 2 heterocycles. The quantitative estimate of drug-likeness (QED) is 0.666. The zero-order chi connectivity index (χ0) is 23.1. The van der Waals surface area contributed by atoms with E-state index in [1.807, 2.05) is 23.1 Å². The van der Waals surface area contributed by atoms with Gasteiger partial charge >= 0.3 is 12.1 Å². The van der Waals surface area contributed by atoms with E-state index in [4.69, 9.17) is 11.6 Å². The zero-order valence-electron chi connectivity index (χ0n) is 17.0. The van der Waals surface area contributed by atoms with Crippen molar-refractivity contribution in [3.8, 4) is 0 Å². The Hall–Kier alpha value is -2.30. The van der Waals surface area contributed by atoms with Gasteiger partial charge in [-0.05, 0) is 41.8 Å². The number of hydrogen-bond acceptors (Lipinski definition) is 4. The van der Waals surface area contributed by atoms with Crippen molar-refractivity contribution in [1.82, 2.24) is 9.21 Å². The van der Waals surface area contributed by atoms with Crippen LogP contribution in [0.5, 0.6) is 0 Å². The average molecular weight is 488 g/mol. The van der Waals surface area contributed by atoms with E-state index in [0.717, 1.165) is 11.3 Å². The number of carbonyl (C=O) groups excluding carboxylic acids is 1. The van der Waals surface area contributed by atoms with Gasteiger partial charge in [-0.2, -0.15) is 17.5 Å². The molecule has 4 rings (SSSR count). The largest absolute Gasteiger partial charge is 0.471 e. The molecule has 2 aromatic carbocycles. The number of sulfonamides is 1. The SMILES string of the molecule is O=C(N1CCc2ccc(S(=O)(=O)N3CCN(c4ccccc4Cl)CC3)cc2C1)C(F)(F)F. The molecule has 1 fully saturated rings. The monoisotopic (exact) mass is 487 g/mol. The molecule has 1 saturated heterocycles. The molecule has 0 atom stereocenters. The summed E-state index contributed by atoms with van der Waals surface area (Å²) in [4.78, 5) is 14.3. The number of nitrogens with zero attached hydrogens (tertiary/aromatic N) is 3. The maximum absolute atomic E-state index is 13.2. The number of halogens is 4. The van der Waals surface area contributed by atoms with Crippen molar-refractivity contribution in [2.45, 2.75) is 24.0 Å². The maximum atomic E-state index is 13.2. The van der Waals surface area contributed by atoms with E-state index in [-0.39, 0.29) is 37.5 Å². The summed E-state index contributed by atoms with van der Waals surface area (Å²) in [7, 11) is -3.83. The van der Waals surface area contributed by atoms with Crippen LogP contribution in [-0.4, -0.2) is 62.4 Å². The summed E-state index contributed by atoms with van der Waals surface area (Å²) in [5, 5.41) is 0.594. The molecule has 0 aliphatic carbocycles. The minimum atomic E-state index is -4.96. The number of benzene rings is 2. The molecular formula is C21H21ClF3N3O3S. The molecule has 0 radical (unpaired) electrons. The number of rotatable bonds is 3. The molecular weight excluding hydrogens is 467 g/mol. The molecule has 2 aromatic rings. The Morgan fingerprint density at radius 2 is 1.62 bits per heavy atom. The van der Waals surface area contributed by atoms with Crippen molar-refractivity contribution in [2.24, 2.45) is 0 Å². The fourth-order valence-corrected chi connectivity index (χ4v) is 5.80. The van der Waals surface area contributed by atoms with E-state index in [0.29, 0.717) is 28.6 Å². The van der Waals surface area contributed by atoms with Crippen LogP contribution in [0.4, 0.5) is 18.9 Å². The Kier molecular flexibility index (Phi) is 6.12. The van der Waals surface area contributed by atoms with E-state index in [1.54, 1.807) is 12.1 Å². The molecule has 2 aliphatic rings. The number of carbonyl (C=O) groups is 1. The first-order valence-electron chi connectivity index (χ1n) is 10.0. The van der Waals surface area contributed by atoms with Crippen molar-refractivity contribution in [2.75, 3.05) is 37.6 Å². The Balaban J connectivity index is 1.50. The van der Waals surface area contributed by atoms with Gasteiger partial charge in [0.05, 0.1) is 15.6 Å². The molecule has 0 bridgehead atoms. The van der Waals surface area contributed by atoms with Gasteiger partial charge in [0.25, 0.3) is 0 Å². The Morgan fingerprint density at radius 3 is 2.28 bits per heavy atom. The van der Waals surface area contributed by atoms with Gasteiger partial charge in [-0.15, -0.1) is 0 Å². The van der Waals surface area contributed by atoms with Crippen LogP contribution in [0.3, 0.4) is 0 Å². The minimum Gasteiger partial charge on any atom is -0.368 e. The van der Waals surface area contributed by atoms with Crippen LogP contribution < -0.4 is 4.90 Å². The number of hydrogen-bond donors (Lipinski definition) is 0. The average Bonchev–Trinajstić information content (AvgIpc) is 2.77. The van der Waals surface area contributed by atoms with Crippen molar-refractivity contribution < 1.29 is 26.4 Å². The van der Waals surface area contributed by atoms with Gasteiger partial charge in [-0.3, -0.25) is 4.79 Å². The lowest BCUT2D eigenvalue weighted by Crippen LogP contribution is -2.48. The summed E-state index contributed by atoms with van der Waals surface area (Å²) in [5.74, 6) is -1.91. The summed E-state index contributed by atoms with van der Waals surface area (Å²) in [6, 6.07) is 11.8. The summed E-state index contributed by atoms with van der Waals surface area (Å²) < 4.78 is 66.1. The highest BCUT2D eigenvalue weighted by Gasteiger charge is 2.43. The number of alkyl halides is 3. The van der Waals surface area contributed by atoms with Gasteiger partial charge in [0, 0.05) is 39.3 Å². The standard InChI is InChI=1S/C21H21ClF3N3O3S/c22-18-3-1-2-4-19(18)26-9-11-28(12-10-26)32(30,31)17-6-5-15-7-8-27(14-16(15)13-17)20(29)21(23,24)25/h1-6,13H,7-12,14H2. The minimum absolute atomic E-state index is 0.0174. The van der Waals surface area contributed by atoms with Crippen LogP contribution in [0.1, 0.15) is 11.1 Å². The van der Waals surface area contributed by atoms with E-state index < -0.39 is 22.1 Å². The molecule has 2 aliphatic heterocycles. The van der Waals surface area contributed by atoms with Gasteiger partial charge < -0.3 is 9.80 Å². The number of para-hydroxylation sites is 1. The molecule has 6 nitrogen and oxygen atoms in total. The Bertz CT molecular complexity index is 1130. The topological polar surface area (TPSA) is 60.9 Å². The normalized spacial score (nSPS) is 17.9. The van der Waals surface area contributed by atoms with Crippen molar-refractivity contribution in [3.05, 3.63) is 58.6 Å². The fourth-order valence-electron chi connectivity index (χ4n) is 4.07. The van der Waals surface area contributed by atoms with Gasteiger partial charge in [-0.25, -0.2) is 8.42 Å². The zero-order valence-corrected chi connectivity index (χ0v) is 18.6. The first-order valence-corrected chi connectivity index (χ1v) is 11.9. The van der Waals surface area contributed by atoms with Gasteiger partial charge in [0.1, 0.15) is 0 Å². The molecule has 1 amide bonds. The first kappa shape index (κ1) is 22.9. The molecule has 0 aromatic heterocycles. The summed E-state index contributed by atoms with van der Waals surface area (Å²) >= 11 is 6.24. The Labute approximate surface area is 189 Å². The third-order valence-corrected chi connectivity index (χ3v) is 8.00. The molecule has 0 N–H and O–H groups in total. The van der Waals surface area contributed by atoms with Crippen molar-refractivity contribution >= 4 is 33.2 Å². The van der Waals surface area contributed by atoms with E-state index >= 15 is 0 Å². The lowest BCUT2D eigenvalue weighted by Gasteiger charge is -2.36.